The third-order valence-electron chi connectivity index (χ3n) is 3.93. The number of benzene rings is 1. The van der Waals surface area contributed by atoms with Gasteiger partial charge in [0.2, 0.25) is 0 Å². The van der Waals surface area contributed by atoms with Gasteiger partial charge in [-0.05, 0) is 38.8 Å². The third kappa shape index (κ3) is 8.74. The SMILES string of the molecule is COC[C@H](OC(=O)[C@H](C)CC(=O)OC(C)(C)C)[C@H](Oc1ccccc1)C(C)C. The van der Waals surface area contributed by atoms with E-state index in [9.17, 15) is 9.59 Å². The highest BCUT2D eigenvalue weighted by Crippen LogP contribution is 2.21. The van der Waals surface area contributed by atoms with E-state index < -0.39 is 29.6 Å². The Morgan fingerprint density at radius 2 is 1.64 bits per heavy atom. The van der Waals surface area contributed by atoms with Crippen LogP contribution in [0.5, 0.6) is 5.75 Å². The van der Waals surface area contributed by atoms with Gasteiger partial charge >= 0.3 is 11.9 Å². The highest BCUT2D eigenvalue weighted by atomic mass is 16.6. The molecule has 0 fully saturated rings. The van der Waals surface area contributed by atoms with Crippen molar-refractivity contribution < 1.29 is 28.5 Å². The summed E-state index contributed by atoms with van der Waals surface area (Å²) in [4.78, 5) is 24.6. The summed E-state index contributed by atoms with van der Waals surface area (Å²) in [6.45, 7) is 11.2. The Labute approximate surface area is 168 Å². The number of rotatable bonds is 10. The van der Waals surface area contributed by atoms with Crippen LogP contribution in [0.25, 0.3) is 0 Å². The molecule has 0 aliphatic carbocycles. The zero-order valence-electron chi connectivity index (χ0n) is 18.1. The molecule has 0 aliphatic heterocycles. The van der Waals surface area contributed by atoms with Crippen molar-refractivity contribution in [2.45, 2.75) is 65.8 Å². The second-order valence-corrected chi connectivity index (χ2v) is 8.26. The molecule has 3 atom stereocenters. The maximum absolute atomic E-state index is 12.6. The number of methoxy groups -OCH3 is 1. The van der Waals surface area contributed by atoms with Crippen molar-refractivity contribution >= 4 is 11.9 Å². The molecule has 0 unspecified atom stereocenters. The van der Waals surface area contributed by atoms with Gasteiger partial charge in [-0.3, -0.25) is 9.59 Å². The highest BCUT2D eigenvalue weighted by molar-refractivity contribution is 5.79. The molecule has 0 saturated carbocycles. The molecule has 1 rings (SSSR count). The summed E-state index contributed by atoms with van der Waals surface area (Å²) in [5.74, 6) is -0.760. The van der Waals surface area contributed by atoms with Crippen LogP contribution in [0, 0.1) is 11.8 Å². The Morgan fingerprint density at radius 1 is 1.04 bits per heavy atom. The molecule has 0 saturated heterocycles. The Bertz CT molecular complexity index is 605. The molecule has 0 bridgehead atoms. The zero-order valence-corrected chi connectivity index (χ0v) is 18.1. The van der Waals surface area contributed by atoms with E-state index in [1.165, 1.54) is 0 Å². The van der Waals surface area contributed by atoms with Crippen LogP contribution in [0.4, 0.5) is 0 Å². The fraction of sp³-hybridized carbons (Fsp3) is 0.636. The number of carbonyl (C=O) groups excluding carboxylic acids is 2. The molecule has 1 aromatic rings. The first kappa shape index (κ1) is 24.0. The largest absolute Gasteiger partial charge is 0.486 e. The molecular weight excluding hydrogens is 360 g/mol. The van der Waals surface area contributed by atoms with Crippen molar-refractivity contribution in [1.29, 1.82) is 0 Å². The van der Waals surface area contributed by atoms with Crippen LogP contribution < -0.4 is 4.74 Å². The number of carbonyl (C=O) groups is 2. The lowest BCUT2D eigenvalue weighted by Crippen LogP contribution is -2.43. The van der Waals surface area contributed by atoms with Crippen molar-refractivity contribution in [2.75, 3.05) is 13.7 Å². The molecular formula is C22H34O6. The van der Waals surface area contributed by atoms with E-state index in [-0.39, 0.29) is 25.0 Å². The number of hydrogen-bond donors (Lipinski definition) is 0. The third-order valence-corrected chi connectivity index (χ3v) is 3.93. The van der Waals surface area contributed by atoms with Gasteiger partial charge in [-0.2, -0.15) is 0 Å². The monoisotopic (exact) mass is 394 g/mol. The maximum Gasteiger partial charge on any atom is 0.309 e. The van der Waals surface area contributed by atoms with Gasteiger partial charge in [0.05, 0.1) is 18.9 Å². The van der Waals surface area contributed by atoms with E-state index in [0.717, 1.165) is 0 Å². The average Bonchev–Trinajstić information content (AvgIpc) is 2.58. The van der Waals surface area contributed by atoms with Gasteiger partial charge < -0.3 is 18.9 Å². The Balaban J connectivity index is 2.79. The minimum Gasteiger partial charge on any atom is -0.486 e. The summed E-state index contributed by atoms with van der Waals surface area (Å²) in [5, 5.41) is 0. The lowest BCUT2D eigenvalue weighted by Gasteiger charge is -2.31. The minimum atomic E-state index is -0.626. The number of hydrogen-bond acceptors (Lipinski definition) is 6. The van der Waals surface area contributed by atoms with Gasteiger partial charge in [0, 0.05) is 7.11 Å². The van der Waals surface area contributed by atoms with Gasteiger partial charge in [-0.25, -0.2) is 0 Å². The smallest absolute Gasteiger partial charge is 0.309 e. The standard InChI is InChI=1S/C22H34O6/c1-15(2)20(26-17-11-9-8-10-12-17)18(14-25-7)27-21(24)16(3)13-19(23)28-22(4,5)6/h8-12,15-16,18,20H,13-14H2,1-7H3/t16-,18+,20-/m1/s1. The van der Waals surface area contributed by atoms with Crippen LogP contribution in [-0.4, -0.2) is 43.5 Å². The first-order valence-corrected chi connectivity index (χ1v) is 9.66. The first-order valence-electron chi connectivity index (χ1n) is 9.66. The maximum atomic E-state index is 12.6. The van der Waals surface area contributed by atoms with Gasteiger partial charge in [-0.1, -0.05) is 39.0 Å². The molecule has 0 aliphatic rings. The van der Waals surface area contributed by atoms with Crippen molar-refractivity contribution in [1.82, 2.24) is 0 Å². The zero-order chi connectivity index (χ0) is 21.3. The Kier molecular flexibility index (Phi) is 9.46. The van der Waals surface area contributed by atoms with E-state index >= 15 is 0 Å². The minimum absolute atomic E-state index is 0.0400. The van der Waals surface area contributed by atoms with Crippen molar-refractivity contribution in [3.63, 3.8) is 0 Å². The summed E-state index contributed by atoms with van der Waals surface area (Å²) in [7, 11) is 1.55. The van der Waals surface area contributed by atoms with Crippen LogP contribution in [0.3, 0.4) is 0 Å². The van der Waals surface area contributed by atoms with Crippen LogP contribution in [-0.2, 0) is 23.8 Å². The average molecular weight is 395 g/mol. The second-order valence-electron chi connectivity index (χ2n) is 8.26. The summed E-state index contributed by atoms with van der Waals surface area (Å²) in [5.41, 5.74) is -0.592. The fourth-order valence-corrected chi connectivity index (χ4v) is 2.64. The van der Waals surface area contributed by atoms with Crippen LogP contribution in [0.1, 0.15) is 48.0 Å². The molecule has 0 amide bonds. The van der Waals surface area contributed by atoms with Crippen LogP contribution in [0.15, 0.2) is 30.3 Å². The first-order chi connectivity index (χ1) is 13.0. The van der Waals surface area contributed by atoms with E-state index in [0.29, 0.717) is 5.75 Å². The molecule has 28 heavy (non-hydrogen) atoms. The predicted octanol–water partition coefficient (Wildman–Crippen LogP) is 4.02. The molecule has 1 aromatic carbocycles. The summed E-state index contributed by atoms with van der Waals surface area (Å²) in [6, 6.07) is 9.38. The van der Waals surface area contributed by atoms with E-state index in [2.05, 4.69) is 0 Å². The van der Waals surface area contributed by atoms with E-state index in [1.807, 2.05) is 44.2 Å². The number of esters is 2. The molecule has 0 N–H and O–H groups in total. The summed E-state index contributed by atoms with van der Waals surface area (Å²) >= 11 is 0. The van der Waals surface area contributed by atoms with Gasteiger partial charge in [0.1, 0.15) is 17.5 Å². The molecule has 0 radical (unpaired) electrons. The van der Waals surface area contributed by atoms with Gasteiger partial charge in [-0.15, -0.1) is 0 Å². The van der Waals surface area contributed by atoms with Gasteiger partial charge in [0.15, 0.2) is 6.10 Å². The Hall–Kier alpha value is -2.08. The lowest BCUT2D eigenvalue weighted by molar-refractivity contribution is -0.169. The van der Waals surface area contributed by atoms with Crippen LogP contribution in [0.2, 0.25) is 0 Å². The van der Waals surface area contributed by atoms with Crippen molar-refractivity contribution in [2.24, 2.45) is 11.8 Å². The quantitative estimate of drug-likeness (QED) is 0.558. The van der Waals surface area contributed by atoms with Crippen LogP contribution >= 0.6 is 0 Å². The molecule has 158 valence electrons. The normalized spacial score (nSPS) is 14.9. The van der Waals surface area contributed by atoms with Gasteiger partial charge in [0.25, 0.3) is 0 Å². The summed E-state index contributed by atoms with van der Waals surface area (Å²) < 4.78 is 22.3. The number of para-hydroxylation sites is 1. The number of ether oxygens (including phenoxy) is 4. The molecule has 6 nitrogen and oxygen atoms in total. The van der Waals surface area contributed by atoms with Crippen molar-refractivity contribution in [3.05, 3.63) is 30.3 Å². The highest BCUT2D eigenvalue weighted by Gasteiger charge is 2.32. The molecule has 0 heterocycles. The molecule has 0 spiro atoms. The predicted molar refractivity (Wildman–Crippen MR) is 107 cm³/mol. The lowest BCUT2D eigenvalue weighted by atomic mass is 10.0. The second kappa shape index (κ2) is 11.1. The fourth-order valence-electron chi connectivity index (χ4n) is 2.64. The Morgan fingerprint density at radius 3 is 2.14 bits per heavy atom. The topological polar surface area (TPSA) is 71.1 Å². The summed E-state index contributed by atoms with van der Waals surface area (Å²) in [6.07, 6.45) is -1.03. The molecule has 6 heteroatoms. The van der Waals surface area contributed by atoms with Crippen molar-refractivity contribution in [3.8, 4) is 5.75 Å². The van der Waals surface area contributed by atoms with E-state index in [1.54, 1.807) is 34.8 Å². The molecule has 0 aromatic heterocycles. The van der Waals surface area contributed by atoms with E-state index in [4.69, 9.17) is 18.9 Å².